The van der Waals surface area contributed by atoms with Gasteiger partial charge in [0.1, 0.15) is 30.2 Å². The second-order valence-electron chi connectivity index (χ2n) is 8.87. The summed E-state index contributed by atoms with van der Waals surface area (Å²) >= 11 is 6.59. The number of rotatable bonds is 4. The summed E-state index contributed by atoms with van der Waals surface area (Å²) in [7, 11) is 0. The standard InChI is InChI=1S/C26H25ClFNO5/c1-13-2-7-19(27)22-21(13)17(9-14-3-4-16-10-18(28)6-5-15(16)8-14)11-29(22)26-25(33)24(32)23(31)20(12-30)34-26/h2-8,10-11,20,23-26,30-33H,9,12H2,1H3/t20-,23-,24+,25-,26-/m1/s1. The Hall–Kier alpha value is -2.52. The molecule has 0 unspecified atom stereocenters. The zero-order valence-corrected chi connectivity index (χ0v) is 19.2. The van der Waals surface area contributed by atoms with Crippen LogP contribution in [0.2, 0.25) is 5.02 Å². The molecule has 2 heterocycles. The van der Waals surface area contributed by atoms with Crippen molar-refractivity contribution in [1.29, 1.82) is 0 Å². The molecule has 0 spiro atoms. The number of aromatic nitrogens is 1. The highest BCUT2D eigenvalue weighted by Gasteiger charge is 2.44. The lowest BCUT2D eigenvalue weighted by molar-refractivity contribution is -0.250. The molecule has 0 bridgehead atoms. The monoisotopic (exact) mass is 485 g/mol. The maximum atomic E-state index is 13.6. The summed E-state index contributed by atoms with van der Waals surface area (Å²) < 4.78 is 21.0. The van der Waals surface area contributed by atoms with E-state index in [4.69, 9.17) is 16.3 Å². The third-order valence-corrected chi connectivity index (χ3v) is 6.92. The molecular formula is C26H25ClFNO5. The molecule has 1 aromatic heterocycles. The van der Waals surface area contributed by atoms with Crippen LogP contribution >= 0.6 is 11.6 Å². The number of hydrogen-bond acceptors (Lipinski definition) is 5. The third-order valence-electron chi connectivity index (χ3n) is 6.61. The Morgan fingerprint density at radius 2 is 1.71 bits per heavy atom. The Bertz CT molecular complexity index is 1370. The van der Waals surface area contributed by atoms with Crippen molar-refractivity contribution in [1.82, 2.24) is 4.57 Å². The van der Waals surface area contributed by atoms with Crippen LogP contribution in [-0.2, 0) is 11.2 Å². The van der Waals surface area contributed by atoms with Gasteiger partial charge in [0.25, 0.3) is 0 Å². The van der Waals surface area contributed by atoms with E-state index < -0.39 is 37.3 Å². The van der Waals surface area contributed by atoms with Crippen molar-refractivity contribution in [2.45, 2.75) is 44.0 Å². The normalized spacial score (nSPS) is 25.3. The highest BCUT2D eigenvalue weighted by molar-refractivity contribution is 6.35. The molecule has 0 radical (unpaired) electrons. The molecule has 6 nitrogen and oxygen atoms in total. The number of ether oxygens (including phenoxy) is 1. The lowest BCUT2D eigenvalue weighted by atomic mass is 9.98. The van der Waals surface area contributed by atoms with Crippen LogP contribution < -0.4 is 0 Å². The van der Waals surface area contributed by atoms with Gasteiger partial charge in [0.2, 0.25) is 0 Å². The van der Waals surface area contributed by atoms with Crippen molar-refractivity contribution in [2.24, 2.45) is 0 Å². The summed E-state index contributed by atoms with van der Waals surface area (Å²) in [5.74, 6) is -0.284. The van der Waals surface area contributed by atoms with Crippen LogP contribution in [0.5, 0.6) is 0 Å². The van der Waals surface area contributed by atoms with E-state index in [1.165, 1.54) is 12.1 Å². The van der Waals surface area contributed by atoms with Gasteiger partial charge in [0.05, 0.1) is 17.1 Å². The Morgan fingerprint density at radius 3 is 2.47 bits per heavy atom. The largest absolute Gasteiger partial charge is 0.394 e. The number of fused-ring (bicyclic) bond motifs is 2. The van der Waals surface area contributed by atoms with Crippen LogP contribution in [0, 0.1) is 12.7 Å². The summed E-state index contributed by atoms with van der Waals surface area (Å²) in [6.45, 7) is 1.45. The summed E-state index contributed by atoms with van der Waals surface area (Å²) in [6.07, 6.45) is -4.12. The molecule has 178 valence electrons. The van der Waals surface area contributed by atoms with E-state index in [9.17, 15) is 24.8 Å². The molecule has 3 aromatic carbocycles. The topological polar surface area (TPSA) is 95.1 Å². The lowest BCUT2D eigenvalue weighted by Crippen LogP contribution is -2.56. The molecule has 1 fully saturated rings. The van der Waals surface area contributed by atoms with Gasteiger partial charge in [-0.1, -0.05) is 41.9 Å². The average molecular weight is 486 g/mol. The molecule has 4 aromatic rings. The quantitative estimate of drug-likeness (QED) is 0.355. The van der Waals surface area contributed by atoms with Crippen LogP contribution in [0.4, 0.5) is 4.39 Å². The summed E-state index contributed by atoms with van der Waals surface area (Å²) in [6, 6.07) is 14.2. The fourth-order valence-corrected chi connectivity index (χ4v) is 5.12. The number of halogens is 2. The van der Waals surface area contributed by atoms with E-state index in [0.717, 1.165) is 32.8 Å². The Morgan fingerprint density at radius 1 is 0.971 bits per heavy atom. The first-order chi connectivity index (χ1) is 16.3. The summed E-state index contributed by atoms with van der Waals surface area (Å²) in [5, 5.41) is 43.9. The molecular weight excluding hydrogens is 461 g/mol. The first-order valence-corrected chi connectivity index (χ1v) is 11.4. The van der Waals surface area contributed by atoms with Gasteiger partial charge in [0, 0.05) is 11.6 Å². The summed E-state index contributed by atoms with van der Waals surface area (Å²) in [5.41, 5.74) is 3.53. The Balaban J connectivity index is 1.61. The first kappa shape index (κ1) is 23.2. The minimum Gasteiger partial charge on any atom is -0.394 e. The number of aliphatic hydroxyl groups is 4. The third kappa shape index (κ3) is 3.88. The Labute approximate surface area is 200 Å². The van der Waals surface area contributed by atoms with E-state index in [1.54, 1.807) is 16.7 Å². The second-order valence-corrected chi connectivity index (χ2v) is 9.28. The molecule has 1 saturated heterocycles. The molecule has 0 amide bonds. The predicted octanol–water partition coefficient (Wildman–Crippen LogP) is 3.46. The van der Waals surface area contributed by atoms with E-state index in [2.05, 4.69) is 0 Å². The second kappa shape index (κ2) is 8.92. The summed E-state index contributed by atoms with van der Waals surface area (Å²) in [4.78, 5) is 0. The number of hydrogen-bond donors (Lipinski definition) is 4. The molecule has 0 aliphatic carbocycles. The van der Waals surface area contributed by atoms with Gasteiger partial charge in [-0.15, -0.1) is 0 Å². The molecule has 0 saturated carbocycles. The minimum atomic E-state index is -1.50. The van der Waals surface area contributed by atoms with Gasteiger partial charge in [-0.05, 0) is 59.0 Å². The van der Waals surface area contributed by atoms with E-state index in [-0.39, 0.29) is 5.82 Å². The number of aliphatic hydroxyl groups excluding tert-OH is 4. The van der Waals surface area contributed by atoms with Crippen molar-refractivity contribution in [3.63, 3.8) is 0 Å². The van der Waals surface area contributed by atoms with Gasteiger partial charge < -0.3 is 29.7 Å². The van der Waals surface area contributed by atoms with Crippen LogP contribution in [0.25, 0.3) is 21.7 Å². The van der Waals surface area contributed by atoms with Crippen LogP contribution in [0.15, 0.2) is 54.7 Å². The molecule has 5 atom stereocenters. The molecule has 4 N–H and O–H groups in total. The van der Waals surface area contributed by atoms with Crippen molar-refractivity contribution in [3.8, 4) is 0 Å². The SMILES string of the molecule is Cc1ccc(Cl)c2c1c(Cc1ccc3cc(F)ccc3c1)cn2[C@@H]1O[C@H](CO)[C@@H](O)[C@H](O)[C@H]1O. The maximum absolute atomic E-state index is 13.6. The van der Waals surface area contributed by atoms with Crippen LogP contribution in [0.1, 0.15) is 22.9 Å². The minimum absolute atomic E-state index is 0.284. The molecule has 5 rings (SSSR count). The van der Waals surface area contributed by atoms with E-state index in [0.29, 0.717) is 17.0 Å². The molecule has 8 heteroatoms. The fourth-order valence-electron chi connectivity index (χ4n) is 4.86. The van der Waals surface area contributed by atoms with Crippen LogP contribution in [-0.4, -0.2) is 56.0 Å². The highest BCUT2D eigenvalue weighted by atomic mass is 35.5. The highest BCUT2D eigenvalue weighted by Crippen LogP contribution is 2.38. The van der Waals surface area contributed by atoms with Gasteiger partial charge in [0.15, 0.2) is 6.23 Å². The number of benzene rings is 3. The van der Waals surface area contributed by atoms with Gasteiger partial charge in [-0.25, -0.2) is 4.39 Å². The smallest absolute Gasteiger partial charge is 0.163 e. The number of aryl methyl sites for hydroxylation is 1. The molecule has 1 aliphatic rings. The number of nitrogens with zero attached hydrogens (tertiary/aromatic N) is 1. The Kier molecular flexibility index (Phi) is 6.10. The zero-order valence-electron chi connectivity index (χ0n) is 18.4. The predicted molar refractivity (Wildman–Crippen MR) is 127 cm³/mol. The van der Waals surface area contributed by atoms with Crippen molar-refractivity contribution < 1.29 is 29.6 Å². The average Bonchev–Trinajstić information content (AvgIpc) is 3.20. The van der Waals surface area contributed by atoms with Crippen molar-refractivity contribution in [2.75, 3.05) is 6.61 Å². The van der Waals surface area contributed by atoms with Crippen molar-refractivity contribution in [3.05, 3.63) is 82.3 Å². The van der Waals surface area contributed by atoms with Gasteiger partial charge >= 0.3 is 0 Å². The molecule has 34 heavy (non-hydrogen) atoms. The van der Waals surface area contributed by atoms with E-state index in [1.807, 2.05) is 37.4 Å². The van der Waals surface area contributed by atoms with E-state index >= 15 is 0 Å². The van der Waals surface area contributed by atoms with Gasteiger partial charge in [-0.3, -0.25) is 0 Å². The molecule has 1 aliphatic heterocycles. The maximum Gasteiger partial charge on any atom is 0.163 e. The van der Waals surface area contributed by atoms with Crippen LogP contribution in [0.3, 0.4) is 0 Å². The first-order valence-electron chi connectivity index (χ1n) is 11.1. The fraction of sp³-hybridized carbons (Fsp3) is 0.308. The lowest BCUT2D eigenvalue weighted by Gasteiger charge is -2.40. The van der Waals surface area contributed by atoms with Crippen molar-refractivity contribution >= 4 is 33.3 Å². The zero-order chi connectivity index (χ0) is 24.1. The van der Waals surface area contributed by atoms with Gasteiger partial charge in [-0.2, -0.15) is 0 Å².